The summed E-state index contributed by atoms with van der Waals surface area (Å²) in [5.74, 6) is 2.87. The molecule has 0 spiro atoms. The normalized spacial score (nSPS) is 46.6. The minimum Gasteiger partial charge on any atom is -0.394 e. The van der Waals surface area contributed by atoms with Gasteiger partial charge in [-0.25, -0.2) is 0 Å². The van der Waals surface area contributed by atoms with Gasteiger partial charge in [-0.15, -0.1) is 0 Å². The molecular formula is C23H36N2O2. The van der Waals surface area contributed by atoms with E-state index in [-0.39, 0.29) is 11.5 Å². The van der Waals surface area contributed by atoms with E-state index in [1.807, 2.05) is 6.92 Å². The van der Waals surface area contributed by atoms with Gasteiger partial charge in [-0.2, -0.15) is 0 Å². The molecule has 0 saturated heterocycles. The number of allylic oxidation sites excluding steroid dienone is 1. The van der Waals surface area contributed by atoms with Crippen molar-refractivity contribution in [2.75, 3.05) is 6.61 Å². The zero-order valence-corrected chi connectivity index (χ0v) is 17.3. The number of ketones is 1. The largest absolute Gasteiger partial charge is 0.394 e. The van der Waals surface area contributed by atoms with Crippen LogP contribution in [-0.4, -0.2) is 24.1 Å². The van der Waals surface area contributed by atoms with Gasteiger partial charge < -0.3 is 10.6 Å². The predicted molar refractivity (Wildman–Crippen MR) is 108 cm³/mol. The fraction of sp³-hybridized carbons (Fsp3) is 0.826. The van der Waals surface area contributed by atoms with Gasteiger partial charge in [-0.3, -0.25) is 4.79 Å². The highest BCUT2D eigenvalue weighted by atomic mass is 16.6. The van der Waals surface area contributed by atoms with Crippen molar-refractivity contribution in [1.29, 1.82) is 0 Å². The highest BCUT2D eigenvalue weighted by Crippen LogP contribution is 2.66. The molecule has 4 fully saturated rings. The summed E-state index contributed by atoms with van der Waals surface area (Å²) in [6.45, 7) is 11.7. The second-order valence-electron chi connectivity index (χ2n) is 10.4. The number of fused-ring (bicyclic) bond motifs is 5. The first-order chi connectivity index (χ1) is 12.8. The van der Waals surface area contributed by atoms with Gasteiger partial charge in [0.15, 0.2) is 0 Å². The predicted octanol–water partition coefficient (Wildman–Crippen LogP) is 4.48. The molecule has 4 nitrogen and oxygen atoms in total. The van der Waals surface area contributed by atoms with Crippen molar-refractivity contribution in [2.45, 2.75) is 78.2 Å². The Morgan fingerprint density at radius 2 is 2.00 bits per heavy atom. The Kier molecular flexibility index (Phi) is 4.77. The summed E-state index contributed by atoms with van der Waals surface area (Å²) in [6, 6.07) is 0.0177. The lowest BCUT2D eigenvalue weighted by Gasteiger charge is -2.60. The van der Waals surface area contributed by atoms with Crippen molar-refractivity contribution in [2.24, 2.45) is 45.4 Å². The maximum absolute atomic E-state index is 12.6. The van der Waals surface area contributed by atoms with E-state index in [0.29, 0.717) is 41.5 Å². The molecule has 4 heteroatoms. The van der Waals surface area contributed by atoms with Gasteiger partial charge >= 0.3 is 0 Å². The summed E-state index contributed by atoms with van der Waals surface area (Å²) < 4.78 is 0. The summed E-state index contributed by atoms with van der Waals surface area (Å²) in [5.41, 5.74) is 8.63. The number of Topliss-reactive ketones (excluding diaryl/α,β-unsaturated/α-hetero) is 1. The summed E-state index contributed by atoms with van der Waals surface area (Å²) >= 11 is 0. The molecule has 1 unspecified atom stereocenters. The Hall–Kier alpha value is -1.16. The fourth-order valence-electron chi connectivity index (χ4n) is 7.03. The molecule has 0 radical (unpaired) electrons. The Balaban J connectivity index is 1.54. The van der Waals surface area contributed by atoms with Crippen LogP contribution in [0.15, 0.2) is 17.3 Å². The fourth-order valence-corrected chi connectivity index (χ4v) is 7.03. The molecule has 27 heavy (non-hydrogen) atoms. The second-order valence-corrected chi connectivity index (χ2v) is 10.4. The SMILES string of the molecule is C=C1C[C@H]2CC(=NOCC(C)N)CC[C@]2(C)[C@H]2CC[C@]3(C)C(=O)CC[C@@H]3[C@H]12. The van der Waals surface area contributed by atoms with E-state index in [2.05, 4.69) is 25.6 Å². The van der Waals surface area contributed by atoms with Crippen molar-refractivity contribution in [1.82, 2.24) is 0 Å². The van der Waals surface area contributed by atoms with Crippen molar-refractivity contribution in [3.63, 3.8) is 0 Å². The number of carbonyl (C=O) groups is 1. The Bertz CT molecular complexity index is 669. The first kappa shape index (κ1) is 19.2. The lowest BCUT2D eigenvalue weighted by atomic mass is 9.44. The number of nitrogens with two attached hydrogens (primary N) is 1. The van der Waals surface area contributed by atoms with Crippen LogP contribution in [-0.2, 0) is 9.63 Å². The molecule has 0 aromatic carbocycles. The molecule has 2 N–H and O–H groups in total. The van der Waals surface area contributed by atoms with Crippen LogP contribution in [0.3, 0.4) is 0 Å². The quantitative estimate of drug-likeness (QED) is 0.586. The van der Waals surface area contributed by atoms with E-state index < -0.39 is 0 Å². The number of hydrogen-bond donors (Lipinski definition) is 1. The van der Waals surface area contributed by atoms with Gasteiger partial charge in [0.2, 0.25) is 0 Å². The van der Waals surface area contributed by atoms with E-state index in [4.69, 9.17) is 10.6 Å². The van der Waals surface area contributed by atoms with Crippen LogP contribution < -0.4 is 5.73 Å². The minimum absolute atomic E-state index is 0.0177. The summed E-state index contributed by atoms with van der Waals surface area (Å²) in [6.07, 6.45) is 8.45. The zero-order chi connectivity index (χ0) is 19.4. The lowest BCUT2D eigenvalue weighted by molar-refractivity contribution is -0.133. The summed E-state index contributed by atoms with van der Waals surface area (Å²) in [7, 11) is 0. The molecule has 4 aliphatic rings. The topological polar surface area (TPSA) is 64.7 Å². The number of oxime groups is 1. The van der Waals surface area contributed by atoms with Gasteiger partial charge in [0.05, 0.1) is 5.71 Å². The molecule has 0 aromatic rings. The molecule has 0 aromatic heterocycles. The third-order valence-corrected chi connectivity index (χ3v) is 8.70. The minimum atomic E-state index is -0.0820. The second kappa shape index (κ2) is 6.72. The van der Waals surface area contributed by atoms with Crippen LogP contribution in [0.4, 0.5) is 0 Å². The first-order valence-electron chi connectivity index (χ1n) is 10.9. The maximum Gasteiger partial charge on any atom is 0.139 e. The van der Waals surface area contributed by atoms with Gasteiger partial charge in [-0.1, -0.05) is 31.2 Å². The van der Waals surface area contributed by atoms with Crippen LogP contribution >= 0.6 is 0 Å². The van der Waals surface area contributed by atoms with Crippen molar-refractivity contribution in [3.05, 3.63) is 12.2 Å². The molecule has 0 bridgehead atoms. The van der Waals surface area contributed by atoms with Crippen molar-refractivity contribution in [3.8, 4) is 0 Å². The van der Waals surface area contributed by atoms with Gasteiger partial charge in [0.25, 0.3) is 0 Å². The van der Waals surface area contributed by atoms with E-state index in [9.17, 15) is 4.79 Å². The number of nitrogens with zero attached hydrogens (tertiary/aromatic N) is 1. The summed E-state index contributed by atoms with van der Waals surface area (Å²) in [5, 5.41) is 4.41. The van der Waals surface area contributed by atoms with Crippen molar-refractivity contribution < 1.29 is 9.63 Å². The van der Waals surface area contributed by atoms with E-state index in [1.54, 1.807) is 0 Å². The molecule has 7 atom stereocenters. The molecule has 150 valence electrons. The molecule has 4 rings (SSSR count). The molecule has 4 aliphatic carbocycles. The first-order valence-corrected chi connectivity index (χ1v) is 10.9. The Morgan fingerprint density at radius 1 is 1.22 bits per heavy atom. The molecule has 0 amide bonds. The standard InChI is InChI=1S/C23H36N2O2/c1-14-11-16-12-17(25-27-13-15(2)24)7-9-22(16,3)19-8-10-23(4)18(21(14)19)5-6-20(23)26/h15-16,18-19,21H,1,5-13,24H2,2-4H3/t15?,16-,18+,19-,21-,22-,23-/m0/s1. The average molecular weight is 373 g/mol. The maximum atomic E-state index is 12.6. The van der Waals surface area contributed by atoms with E-state index >= 15 is 0 Å². The van der Waals surface area contributed by atoms with Crippen LogP contribution in [0, 0.1) is 34.5 Å². The third-order valence-electron chi connectivity index (χ3n) is 8.70. The number of hydrogen-bond acceptors (Lipinski definition) is 4. The number of carbonyl (C=O) groups excluding carboxylic acids is 1. The Morgan fingerprint density at radius 3 is 2.74 bits per heavy atom. The van der Waals surface area contributed by atoms with Gasteiger partial charge in [0, 0.05) is 17.9 Å². The lowest BCUT2D eigenvalue weighted by Crippen LogP contribution is -2.54. The monoisotopic (exact) mass is 372 g/mol. The van der Waals surface area contributed by atoms with Crippen LogP contribution in [0.25, 0.3) is 0 Å². The Labute approximate surface area is 164 Å². The molecule has 0 heterocycles. The molecular weight excluding hydrogens is 336 g/mol. The highest BCUT2D eigenvalue weighted by molar-refractivity contribution is 5.87. The zero-order valence-electron chi connectivity index (χ0n) is 17.3. The van der Waals surface area contributed by atoms with E-state index in [1.165, 1.54) is 24.1 Å². The van der Waals surface area contributed by atoms with Crippen molar-refractivity contribution >= 4 is 11.5 Å². The summed E-state index contributed by atoms with van der Waals surface area (Å²) in [4.78, 5) is 18.1. The van der Waals surface area contributed by atoms with Crippen LogP contribution in [0.1, 0.15) is 72.1 Å². The van der Waals surface area contributed by atoms with Gasteiger partial charge in [0.1, 0.15) is 12.4 Å². The van der Waals surface area contributed by atoms with Gasteiger partial charge in [-0.05, 0) is 81.0 Å². The third kappa shape index (κ3) is 2.99. The van der Waals surface area contributed by atoms with E-state index in [0.717, 1.165) is 38.5 Å². The highest BCUT2D eigenvalue weighted by Gasteiger charge is 2.61. The molecule has 4 saturated carbocycles. The average Bonchev–Trinajstić information content (AvgIpc) is 2.91. The van der Waals surface area contributed by atoms with Crippen LogP contribution in [0.5, 0.6) is 0 Å². The molecule has 0 aliphatic heterocycles. The smallest absolute Gasteiger partial charge is 0.139 e. The van der Waals surface area contributed by atoms with Crippen LogP contribution in [0.2, 0.25) is 0 Å². The number of rotatable bonds is 3.